The molecule has 2 rings (SSSR count). The predicted molar refractivity (Wildman–Crippen MR) is 106 cm³/mol. The highest BCUT2D eigenvalue weighted by molar-refractivity contribution is 6.02. The number of nitrogens with zero attached hydrogens (tertiary/aromatic N) is 2. The maximum atomic E-state index is 12.3. The molecule has 0 aliphatic carbocycles. The molecular formula is C20H28N4O2. The zero-order valence-corrected chi connectivity index (χ0v) is 16.0. The van der Waals surface area contributed by atoms with Crippen LogP contribution in [0.4, 0.5) is 11.4 Å². The molecule has 1 aromatic carbocycles. The second kappa shape index (κ2) is 9.77. The van der Waals surface area contributed by atoms with Gasteiger partial charge < -0.3 is 20.3 Å². The largest absolute Gasteiger partial charge is 0.491 e. The number of hydrogen-bond donors (Lipinski definition) is 2. The molecular weight excluding hydrogens is 328 g/mol. The first-order valence-electron chi connectivity index (χ1n) is 8.87. The van der Waals surface area contributed by atoms with E-state index in [2.05, 4.69) is 34.6 Å². The van der Waals surface area contributed by atoms with Crippen molar-refractivity contribution in [1.82, 2.24) is 9.88 Å². The second-order valence-corrected chi connectivity index (χ2v) is 6.66. The minimum absolute atomic E-state index is 0.120. The Balaban J connectivity index is 1.85. The number of hydrogen-bond acceptors (Lipinski definition) is 5. The Bertz CT molecular complexity index is 682. The SMILES string of the molecule is CC(C)Oc1ccc(NC(=O)c2ccc(NCCCN(C)C)cn2)cc1. The number of carbonyl (C=O) groups excluding carboxylic acids is 1. The summed E-state index contributed by atoms with van der Waals surface area (Å²) in [7, 11) is 4.11. The van der Waals surface area contributed by atoms with E-state index in [-0.39, 0.29) is 12.0 Å². The first kappa shape index (κ1) is 19.7. The normalized spacial score (nSPS) is 10.8. The van der Waals surface area contributed by atoms with E-state index >= 15 is 0 Å². The van der Waals surface area contributed by atoms with Crippen molar-refractivity contribution >= 4 is 17.3 Å². The van der Waals surface area contributed by atoms with Crippen LogP contribution >= 0.6 is 0 Å². The van der Waals surface area contributed by atoms with Gasteiger partial charge in [-0.05, 0) is 77.3 Å². The van der Waals surface area contributed by atoms with Crippen molar-refractivity contribution in [3.8, 4) is 5.75 Å². The number of pyridine rings is 1. The molecule has 1 amide bonds. The molecule has 0 saturated carbocycles. The molecule has 1 heterocycles. The molecule has 0 fully saturated rings. The minimum Gasteiger partial charge on any atom is -0.491 e. The van der Waals surface area contributed by atoms with Crippen molar-refractivity contribution in [3.05, 3.63) is 48.3 Å². The van der Waals surface area contributed by atoms with Crippen LogP contribution in [0.15, 0.2) is 42.6 Å². The minimum atomic E-state index is -0.235. The number of aromatic nitrogens is 1. The van der Waals surface area contributed by atoms with Crippen molar-refractivity contribution in [2.24, 2.45) is 0 Å². The van der Waals surface area contributed by atoms with Crippen molar-refractivity contribution in [1.29, 1.82) is 0 Å². The summed E-state index contributed by atoms with van der Waals surface area (Å²) in [6, 6.07) is 10.9. The molecule has 0 aliphatic rings. The molecule has 0 aliphatic heterocycles. The zero-order valence-electron chi connectivity index (χ0n) is 16.0. The summed E-state index contributed by atoms with van der Waals surface area (Å²) < 4.78 is 5.59. The van der Waals surface area contributed by atoms with Crippen molar-refractivity contribution in [2.75, 3.05) is 37.8 Å². The average Bonchev–Trinajstić information content (AvgIpc) is 2.60. The van der Waals surface area contributed by atoms with Gasteiger partial charge in [-0.2, -0.15) is 0 Å². The van der Waals surface area contributed by atoms with E-state index in [0.717, 1.165) is 30.9 Å². The lowest BCUT2D eigenvalue weighted by atomic mass is 10.2. The molecule has 140 valence electrons. The third kappa shape index (κ3) is 6.72. The third-order valence-corrected chi connectivity index (χ3v) is 3.59. The number of ether oxygens (including phenoxy) is 1. The molecule has 6 heteroatoms. The summed E-state index contributed by atoms with van der Waals surface area (Å²) in [5, 5.41) is 6.14. The Kier molecular flexibility index (Phi) is 7.41. The molecule has 0 saturated heterocycles. The molecule has 6 nitrogen and oxygen atoms in total. The molecule has 26 heavy (non-hydrogen) atoms. The van der Waals surface area contributed by atoms with Gasteiger partial charge in [0.15, 0.2) is 0 Å². The lowest BCUT2D eigenvalue weighted by molar-refractivity contribution is 0.102. The molecule has 0 radical (unpaired) electrons. The van der Waals surface area contributed by atoms with Crippen LogP contribution in [0.3, 0.4) is 0 Å². The quantitative estimate of drug-likeness (QED) is 0.673. The van der Waals surface area contributed by atoms with Crippen molar-refractivity contribution < 1.29 is 9.53 Å². The summed E-state index contributed by atoms with van der Waals surface area (Å²) in [4.78, 5) is 18.7. The third-order valence-electron chi connectivity index (χ3n) is 3.59. The fourth-order valence-electron chi connectivity index (χ4n) is 2.34. The summed E-state index contributed by atoms with van der Waals surface area (Å²) in [6.07, 6.45) is 2.85. The lowest BCUT2D eigenvalue weighted by Gasteiger charge is -2.11. The molecule has 2 N–H and O–H groups in total. The van der Waals surface area contributed by atoms with E-state index in [1.807, 2.05) is 44.2 Å². The smallest absolute Gasteiger partial charge is 0.274 e. The number of amides is 1. The fraction of sp³-hybridized carbons (Fsp3) is 0.400. The number of benzene rings is 1. The first-order valence-corrected chi connectivity index (χ1v) is 8.87. The predicted octanol–water partition coefficient (Wildman–Crippen LogP) is 3.48. The highest BCUT2D eigenvalue weighted by Gasteiger charge is 2.08. The van der Waals surface area contributed by atoms with Gasteiger partial charge in [-0.1, -0.05) is 0 Å². The van der Waals surface area contributed by atoms with Crippen molar-refractivity contribution in [3.63, 3.8) is 0 Å². The van der Waals surface area contributed by atoms with Crippen LogP contribution in [0, 0.1) is 0 Å². The lowest BCUT2D eigenvalue weighted by Crippen LogP contribution is -2.16. The zero-order chi connectivity index (χ0) is 18.9. The molecule has 0 atom stereocenters. The highest BCUT2D eigenvalue weighted by Crippen LogP contribution is 2.17. The maximum absolute atomic E-state index is 12.3. The van der Waals surface area contributed by atoms with Gasteiger partial charge in [-0.3, -0.25) is 4.79 Å². The van der Waals surface area contributed by atoms with Crippen LogP contribution in [0.5, 0.6) is 5.75 Å². The summed E-state index contributed by atoms with van der Waals surface area (Å²) in [6.45, 7) is 5.85. The number of carbonyl (C=O) groups is 1. The standard InChI is InChI=1S/C20H28N4O2/c1-15(2)26-18-9-6-16(7-10-18)23-20(25)19-11-8-17(14-22-19)21-12-5-13-24(3)4/h6-11,14-15,21H,5,12-13H2,1-4H3,(H,23,25). The van der Waals surface area contributed by atoms with Crippen LogP contribution < -0.4 is 15.4 Å². The molecule has 2 aromatic rings. The van der Waals surface area contributed by atoms with E-state index in [9.17, 15) is 4.79 Å². The van der Waals surface area contributed by atoms with E-state index in [1.54, 1.807) is 12.3 Å². The van der Waals surface area contributed by atoms with Gasteiger partial charge in [0, 0.05) is 12.2 Å². The van der Waals surface area contributed by atoms with Crippen LogP contribution in [-0.2, 0) is 0 Å². The van der Waals surface area contributed by atoms with Gasteiger partial charge in [0.2, 0.25) is 0 Å². The van der Waals surface area contributed by atoms with Gasteiger partial charge in [-0.25, -0.2) is 4.98 Å². The molecule has 1 aromatic heterocycles. The van der Waals surface area contributed by atoms with E-state index in [0.29, 0.717) is 11.4 Å². The molecule has 0 unspecified atom stereocenters. The Morgan fingerprint density at radius 1 is 1.12 bits per heavy atom. The van der Waals surface area contributed by atoms with Crippen LogP contribution in [0.2, 0.25) is 0 Å². The monoisotopic (exact) mass is 356 g/mol. The van der Waals surface area contributed by atoms with Gasteiger partial charge in [-0.15, -0.1) is 0 Å². The first-order chi connectivity index (χ1) is 12.4. The molecule has 0 spiro atoms. The van der Waals surface area contributed by atoms with Gasteiger partial charge in [0.05, 0.1) is 18.0 Å². The van der Waals surface area contributed by atoms with Crippen LogP contribution in [0.25, 0.3) is 0 Å². The Morgan fingerprint density at radius 3 is 2.38 bits per heavy atom. The van der Waals surface area contributed by atoms with E-state index < -0.39 is 0 Å². The summed E-state index contributed by atoms with van der Waals surface area (Å²) in [5.74, 6) is 0.544. The number of rotatable bonds is 9. The van der Waals surface area contributed by atoms with Gasteiger partial charge in [0.25, 0.3) is 5.91 Å². The summed E-state index contributed by atoms with van der Waals surface area (Å²) >= 11 is 0. The maximum Gasteiger partial charge on any atom is 0.274 e. The number of nitrogens with one attached hydrogen (secondary N) is 2. The highest BCUT2D eigenvalue weighted by atomic mass is 16.5. The Labute approximate surface area is 155 Å². The number of anilines is 2. The topological polar surface area (TPSA) is 66.5 Å². The van der Waals surface area contributed by atoms with Gasteiger partial charge >= 0.3 is 0 Å². The van der Waals surface area contributed by atoms with E-state index in [1.165, 1.54) is 0 Å². The Morgan fingerprint density at radius 2 is 1.81 bits per heavy atom. The second-order valence-electron chi connectivity index (χ2n) is 6.66. The van der Waals surface area contributed by atoms with Crippen LogP contribution in [0.1, 0.15) is 30.8 Å². The van der Waals surface area contributed by atoms with Gasteiger partial charge in [0.1, 0.15) is 11.4 Å². The summed E-state index contributed by atoms with van der Waals surface area (Å²) in [5.41, 5.74) is 2.00. The van der Waals surface area contributed by atoms with Crippen molar-refractivity contribution in [2.45, 2.75) is 26.4 Å². The molecule has 0 bridgehead atoms. The van der Waals surface area contributed by atoms with E-state index in [4.69, 9.17) is 4.74 Å². The Hall–Kier alpha value is -2.60. The van der Waals surface area contributed by atoms with Crippen LogP contribution in [-0.4, -0.2) is 49.1 Å². The average molecular weight is 356 g/mol. The fourth-order valence-corrected chi connectivity index (χ4v) is 2.34.